The minimum absolute atomic E-state index is 0.246. The van der Waals surface area contributed by atoms with E-state index in [2.05, 4.69) is 15.8 Å². The van der Waals surface area contributed by atoms with Crippen molar-refractivity contribution in [1.29, 1.82) is 0 Å². The lowest BCUT2D eigenvalue weighted by Gasteiger charge is -2.11. The highest BCUT2D eigenvalue weighted by Crippen LogP contribution is 2.15. The van der Waals surface area contributed by atoms with Crippen molar-refractivity contribution < 1.29 is 14.3 Å². The second-order valence-corrected chi connectivity index (χ2v) is 6.95. The highest BCUT2D eigenvalue weighted by Gasteiger charge is 2.08. The Morgan fingerprint density at radius 1 is 0.839 bits per heavy atom. The average molecular weight is 416 g/mol. The second kappa shape index (κ2) is 10.1. The highest BCUT2D eigenvalue weighted by atomic mass is 16.5. The fraction of sp³-hybridized carbons (Fsp3) is 0.125. The smallest absolute Gasteiger partial charge is 0.271 e. The first-order valence-electron chi connectivity index (χ1n) is 9.62. The number of carbonyl (C=O) groups is 2. The van der Waals surface area contributed by atoms with E-state index in [4.69, 9.17) is 4.74 Å². The van der Waals surface area contributed by atoms with Gasteiger partial charge >= 0.3 is 0 Å². The molecule has 0 aliphatic heterocycles. The van der Waals surface area contributed by atoms with E-state index in [0.717, 1.165) is 11.3 Å². The molecule has 0 radical (unpaired) electrons. The Balaban J connectivity index is 1.55. The van der Waals surface area contributed by atoms with Crippen molar-refractivity contribution in [3.8, 4) is 5.75 Å². The number of hydrogen-bond acceptors (Lipinski definition) is 5. The van der Waals surface area contributed by atoms with Crippen LogP contribution in [-0.2, 0) is 0 Å². The molecule has 0 aromatic heterocycles. The van der Waals surface area contributed by atoms with Crippen LogP contribution in [0.1, 0.15) is 26.3 Å². The van der Waals surface area contributed by atoms with E-state index in [1.807, 2.05) is 43.3 Å². The molecule has 0 unspecified atom stereocenters. The van der Waals surface area contributed by atoms with Gasteiger partial charge in [-0.2, -0.15) is 5.10 Å². The van der Waals surface area contributed by atoms with Gasteiger partial charge in [-0.05, 0) is 66.2 Å². The van der Waals surface area contributed by atoms with Crippen LogP contribution >= 0.6 is 0 Å². The molecule has 0 spiro atoms. The van der Waals surface area contributed by atoms with E-state index in [-0.39, 0.29) is 11.8 Å². The number of hydrazone groups is 1. The van der Waals surface area contributed by atoms with Crippen molar-refractivity contribution in [1.82, 2.24) is 5.43 Å². The Hall–Kier alpha value is -4.13. The number of amides is 2. The lowest BCUT2D eigenvalue weighted by molar-refractivity contribution is 0.0954. The zero-order valence-corrected chi connectivity index (χ0v) is 17.6. The van der Waals surface area contributed by atoms with Gasteiger partial charge in [-0.25, -0.2) is 5.43 Å². The molecule has 0 saturated carbocycles. The molecule has 3 aromatic rings. The lowest BCUT2D eigenvalue weighted by Crippen LogP contribution is -2.18. The van der Waals surface area contributed by atoms with Gasteiger partial charge in [-0.1, -0.05) is 12.1 Å². The van der Waals surface area contributed by atoms with Crippen LogP contribution in [0.3, 0.4) is 0 Å². The molecule has 2 N–H and O–H groups in total. The Morgan fingerprint density at radius 2 is 1.42 bits per heavy atom. The van der Waals surface area contributed by atoms with E-state index in [0.29, 0.717) is 22.6 Å². The van der Waals surface area contributed by atoms with Gasteiger partial charge < -0.3 is 15.0 Å². The molecule has 0 saturated heterocycles. The maximum atomic E-state index is 12.3. The Bertz CT molecular complexity index is 1060. The predicted molar refractivity (Wildman–Crippen MR) is 123 cm³/mol. The van der Waals surface area contributed by atoms with E-state index in [1.165, 1.54) is 0 Å². The van der Waals surface area contributed by atoms with E-state index >= 15 is 0 Å². The topological polar surface area (TPSA) is 83.0 Å². The molecule has 0 bridgehead atoms. The van der Waals surface area contributed by atoms with E-state index < -0.39 is 0 Å². The summed E-state index contributed by atoms with van der Waals surface area (Å²) in [6.07, 6.45) is 1.58. The molecule has 7 heteroatoms. The molecular formula is C24H24N4O3. The Kier molecular flexibility index (Phi) is 7.01. The molecule has 0 aliphatic carbocycles. The zero-order valence-electron chi connectivity index (χ0n) is 17.6. The predicted octanol–water partition coefficient (Wildman–Crippen LogP) is 3.78. The van der Waals surface area contributed by atoms with Crippen LogP contribution in [0.4, 0.5) is 11.4 Å². The Labute approximate surface area is 181 Å². The maximum Gasteiger partial charge on any atom is 0.271 e. The van der Waals surface area contributed by atoms with Crippen molar-refractivity contribution in [2.75, 3.05) is 31.4 Å². The number of hydrogen-bond donors (Lipinski definition) is 2. The molecule has 0 fully saturated rings. The highest BCUT2D eigenvalue weighted by molar-refractivity contribution is 6.04. The lowest BCUT2D eigenvalue weighted by atomic mass is 10.1. The second-order valence-electron chi connectivity index (χ2n) is 6.95. The number of carbonyl (C=O) groups excluding carboxylic acids is 2. The van der Waals surface area contributed by atoms with Gasteiger partial charge in [-0.15, -0.1) is 0 Å². The molecule has 158 valence electrons. The minimum atomic E-state index is -0.339. The van der Waals surface area contributed by atoms with Crippen molar-refractivity contribution in [2.45, 2.75) is 0 Å². The summed E-state index contributed by atoms with van der Waals surface area (Å²) in [5.41, 5.74) is 5.99. The molecule has 0 heterocycles. The average Bonchev–Trinajstić information content (AvgIpc) is 2.80. The first kappa shape index (κ1) is 21.6. The molecule has 0 atom stereocenters. The number of methoxy groups -OCH3 is 1. The third kappa shape index (κ3) is 5.93. The summed E-state index contributed by atoms with van der Waals surface area (Å²) in [6, 6.07) is 21.2. The first-order valence-corrected chi connectivity index (χ1v) is 9.62. The SMILES string of the molecule is COc1ccc(C(=O)Nc2ccc(C(=O)N/N=C\c3ccc(N(C)C)cc3)cc2)cc1. The minimum Gasteiger partial charge on any atom is -0.497 e. The number of rotatable bonds is 7. The van der Waals surface area contributed by atoms with Gasteiger partial charge in [0.25, 0.3) is 11.8 Å². The largest absolute Gasteiger partial charge is 0.497 e. The fourth-order valence-electron chi connectivity index (χ4n) is 2.74. The van der Waals surface area contributed by atoms with Crippen molar-refractivity contribution >= 4 is 29.4 Å². The third-order valence-electron chi connectivity index (χ3n) is 4.55. The van der Waals surface area contributed by atoms with Gasteiger partial charge in [0.05, 0.1) is 13.3 Å². The summed E-state index contributed by atoms with van der Waals surface area (Å²) in [4.78, 5) is 26.6. The fourth-order valence-corrected chi connectivity index (χ4v) is 2.74. The number of benzene rings is 3. The zero-order chi connectivity index (χ0) is 22.2. The van der Waals surface area contributed by atoms with Crippen LogP contribution in [-0.4, -0.2) is 39.2 Å². The van der Waals surface area contributed by atoms with Gasteiger partial charge in [-0.3, -0.25) is 9.59 Å². The summed E-state index contributed by atoms with van der Waals surface area (Å²) in [5, 5.41) is 6.79. The first-order chi connectivity index (χ1) is 15.0. The number of anilines is 2. The summed E-state index contributed by atoms with van der Waals surface area (Å²) in [7, 11) is 5.51. The monoisotopic (exact) mass is 416 g/mol. The molecular weight excluding hydrogens is 392 g/mol. The molecule has 31 heavy (non-hydrogen) atoms. The van der Waals surface area contributed by atoms with E-state index in [9.17, 15) is 9.59 Å². The van der Waals surface area contributed by atoms with Crippen LogP contribution in [0.25, 0.3) is 0 Å². The Morgan fingerprint density at radius 3 is 2.00 bits per heavy atom. The number of nitrogens with zero attached hydrogens (tertiary/aromatic N) is 2. The summed E-state index contributed by atoms with van der Waals surface area (Å²) in [5.74, 6) is 0.0964. The van der Waals surface area contributed by atoms with Gasteiger partial charge in [0.1, 0.15) is 5.75 Å². The molecule has 3 aromatic carbocycles. The molecule has 0 aliphatic rings. The number of nitrogens with one attached hydrogen (secondary N) is 2. The molecule has 2 amide bonds. The van der Waals surface area contributed by atoms with Gasteiger partial charge in [0, 0.05) is 36.6 Å². The van der Waals surface area contributed by atoms with Crippen molar-refractivity contribution in [3.05, 3.63) is 89.5 Å². The van der Waals surface area contributed by atoms with Crippen LogP contribution < -0.4 is 20.4 Å². The van der Waals surface area contributed by atoms with Gasteiger partial charge in [0.2, 0.25) is 0 Å². The summed E-state index contributed by atoms with van der Waals surface area (Å²) in [6.45, 7) is 0. The van der Waals surface area contributed by atoms with Crippen molar-refractivity contribution in [3.63, 3.8) is 0 Å². The quantitative estimate of drug-likeness (QED) is 0.454. The standard InChI is InChI=1S/C24H24N4O3/c1-28(2)21-12-4-17(5-13-21)16-25-27-24(30)19-6-10-20(11-7-19)26-23(29)18-8-14-22(31-3)15-9-18/h4-16H,1-3H3,(H,26,29)(H,27,30)/b25-16-. The van der Waals surface area contributed by atoms with E-state index in [1.54, 1.807) is 61.9 Å². The normalized spacial score (nSPS) is 10.5. The third-order valence-corrected chi connectivity index (χ3v) is 4.55. The summed E-state index contributed by atoms with van der Waals surface area (Å²) < 4.78 is 5.09. The number of ether oxygens (including phenoxy) is 1. The van der Waals surface area contributed by atoms with Crippen LogP contribution in [0.5, 0.6) is 5.75 Å². The van der Waals surface area contributed by atoms with Gasteiger partial charge in [0.15, 0.2) is 0 Å². The maximum absolute atomic E-state index is 12.3. The van der Waals surface area contributed by atoms with Crippen LogP contribution in [0, 0.1) is 0 Å². The van der Waals surface area contributed by atoms with Crippen LogP contribution in [0.2, 0.25) is 0 Å². The molecule has 7 nitrogen and oxygen atoms in total. The van der Waals surface area contributed by atoms with Crippen molar-refractivity contribution in [2.24, 2.45) is 5.10 Å². The van der Waals surface area contributed by atoms with Crippen LogP contribution in [0.15, 0.2) is 77.9 Å². The summed E-state index contributed by atoms with van der Waals surface area (Å²) >= 11 is 0. The molecule has 3 rings (SSSR count).